The van der Waals surface area contributed by atoms with Crippen molar-refractivity contribution in [2.75, 3.05) is 6.61 Å². The molecule has 0 aliphatic heterocycles. The van der Waals surface area contributed by atoms with Crippen LogP contribution in [-0.2, 0) is 4.79 Å². The van der Waals surface area contributed by atoms with Crippen molar-refractivity contribution in [1.82, 2.24) is 10.3 Å². The van der Waals surface area contributed by atoms with Gasteiger partial charge >= 0.3 is 0 Å². The second-order valence-corrected chi connectivity index (χ2v) is 7.49. The van der Waals surface area contributed by atoms with E-state index in [2.05, 4.69) is 26.2 Å². The van der Waals surface area contributed by atoms with Crippen molar-refractivity contribution >= 4 is 44.8 Å². The highest BCUT2D eigenvalue weighted by Crippen LogP contribution is 2.27. The Hall–Kier alpha value is -1.11. The molecule has 1 aromatic heterocycles. The Labute approximate surface area is 153 Å². The monoisotopic (exact) mass is 416 g/mol. The number of hydrogen-bond donors (Lipinski definition) is 1. The first-order valence-corrected chi connectivity index (χ1v) is 9.30. The third-order valence-corrected chi connectivity index (χ3v) is 4.74. The highest BCUT2D eigenvalue weighted by molar-refractivity contribution is 9.10. The Bertz CT molecular complexity index is 678. The molecule has 7 heteroatoms. The molecule has 1 heterocycles. The zero-order valence-electron chi connectivity index (χ0n) is 12.9. The van der Waals surface area contributed by atoms with Crippen molar-refractivity contribution in [3.8, 4) is 5.75 Å². The molecule has 124 valence electrons. The van der Waals surface area contributed by atoms with Crippen molar-refractivity contribution < 1.29 is 9.53 Å². The Morgan fingerprint density at radius 3 is 2.96 bits per heavy atom. The third kappa shape index (κ3) is 5.79. The molecule has 2 aromatic rings. The Morgan fingerprint density at radius 1 is 1.52 bits per heavy atom. The highest BCUT2D eigenvalue weighted by atomic mass is 79.9. The topological polar surface area (TPSA) is 51.2 Å². The van der Waals surface area contributed by atoms with E-state index in [1.54, 1.807) is 23.5 Å². The number of hydrogen-bond acceptors (Lipinski definition) is 4. The van der Waals surface area contributed by atoms with Crippen LogP contribution in [0.1, 0.15) is 36.5 Å². The first-order valence-electron chi connectivity index (χ1n) is 7.25. The largest absolute Gasteiger partial charge is 0.492 e. The molecule has 1 amide bonds. The van der Waals surface area contributed by atoms with Crippen LogP contribution in [0.25, 0.3) is 0 Å². The van der Waals surface area contributed by atoms with Crippen LogP contribution in [0.5, 0.6) is 5.75 Å². The van der Waals surface area contributed by atoms with Crippen LogP contribution < -0.4 is 10.1 Å². The van der Waals surface area contributed by atoms with Gasteiger partial charge in [0.2, 0.25) is 5.91 Å². The van der Waals surface area contributed by atoms with Crippen molar-refractivity contribution in [3.63, 3.8) is 0 Å². The average molecular weight is 418 g/mol. The van der Waals surface area contributed by atoms with Gasteiger partial charge in [0.05, 0.1) is 28.4 Å². The minimum absolute atomic E-state index is 0.00587. The minimum Gasteiger partial charge on any atom is -0.492 e. The third-order valence-electron chi connectivity index (χ3n) is 3.16. The van der Waals surface area contributed by atoms with E-state index in [0.29, 0.717) is 30.2 Å². The van der Waals surface area contributed by atoms with Crippen LogP contribution in [0.2, 0.25) is 5.02 Å². The zero-order valence-corrected chi connectivity index (χ0v) is 16.1. The van der Waals surface area contributed by atoms with Crippen molar-refractivity contribution in [2.45, 2.75) is 32.7 Å². The van der Waals surface area contributed by atoms with Crippen molar-refractivity contribution in [3.05, 3.63) is 43.8 Å². The lowest BCUT2D eigenvalue weighted by Gasteiger charge is -2.12. The fourth-order valence-corrected chi connectivity index (χ4v) is 3.41. The maximum atomic E-state index is 11.9. The zero-order chi connectivity index (χ0) is 16.8. The predicted octanol–water partition coefficient (Wildman–Crippen LogP) is 4.90. The summed E-state index contributed by atoms with van der Waals surface area (Å²) in [6.45, 7) is 4.33. The number of aromatic nitrogens is 1. The molecule has 4 nitrogen and oxygen atoms in total. The standard InChI is InChI=1S/C16H18BrClN2O2S/c1-10(14-9-23-11(2)20-14)19-16(21)4-3-7-22-15-6-5-12(17)8-13(15)18/h5-6,8-10H,3-4,7H2,1-2H3,(H,19,21). The molecule has 0 saturated heterocycles. The van der Waals surface area contributed by atoms with Crippen LogP contribution in [0.3, 0.4) is 0 Å². The van der Waals surface area contributed by atoms with Gasteiger partial charge in [0.25, 0.3) is 0 Å². The van der Waals surface area contributed by atoms with Crippen molar-refractivity contribution in [1.29, 1.82) is 0 Å². The first-order chi connectivity index (χ1) is 11.0. The molecule has 1 N–H and O–H groups in total. The van der Waals surface area contributed by atoms with Crippen LogP contribution in [0, 0.1) is 6.92 Å². The molecular weight excluding hydrogens is 400 g/mol. The molecule has 0 fully saturated rings. The Kier molecular flexibility index (Phi) is 6.87. The summed E-state index contributed by atoms with van der Waals surface area (Å²) in [7, 11) is 0. The molecule has 0 saturated carbocycles. The molecule has 0 radical (unpaired) electrons. The summed E-state index contributed by atoms with van der Waals surface area (Å²) in [6, 6.07) is 5.38. The van der Waals surface area contributed by atoms with E-state index in [-0.39, 0.29) is 11.9 Å². The molecular formula is C16H18BrClN2O2S. The fourth-order valence-electron chi connectivity index (χ4n) is 1.97. The van der Waals surface area contributed by atoms with Gasteiger partial charge in [0.1, 0.15) is 5.75 Å². The normalized spacial score (nSPS) is 12.0. The maximum absolute atomic E-state index is 11.9. The smallest absolute Gasteiger partial charge is 0.220 e. The number of carbonyl (C=O) groups is 1. The summed E-state index contributed by atoms with van der Waals surface area (Å²) in [6.07, 6.45) is 1.03. The molecule has 0 aliphatic rings. The molecule has 1 unspecified atom stereocenters. The van der Waals surface area contributed by atoms with Crippen LogP contribution in [0.4, 0.5) is 0 Å². The lowest BCUT2D eigenvalue weighted by molar-refractivity contribution is -0.122. The number of amides is 1. The summed E-state index contributed by atoms with van der Waals surface area (Å²) in [4.78, 5) is 16.3. The quantitative estimate of drug-likeness (QED) is 0.652. The second-order valence-electron chi connectivity index (χ2n) is 5.11. The van der Waals surface area contributed by atoms with E-state index in [1.807, 2.05) is 25.3 Å². The number of rotatable bonds is 7. The molecule has 1 atom stereocenters. The number of thiazole rings is 1. The van der Waals surface area contributed by atoms with Crippen LogP contribution in [-0.4, -0.2) is 17.5 Å². The van der Waals surface area contributed by atoms with Gasteiger partial charge in [-0.25, -0.2) is 4.98 Å². The summed E-state index contributed by atoms with van der Waals surface area (Å²) in [5, 5.41) is 6.47. The first kappa shape index (κ1) is 18.2. The Morgan fingerprint density at radius 2 is 2.30 bits per heavy atom. The van der Waals surface area contributed by atoms with Gasteiger partial charge in [-0.1, -0.05) is 27.5 Å². The van der Waals surface area contributed by atoms with Gasteiger partial charge in [-0.3, -0.25) is 4.79 Å². The van der Waals surface area contributed by atoms with E-state index in [0.717, 1.165) is 15.2 Å². The Balaban J connectivity index is 1.70. The number of ether oxygens (including phenoxy) is 1. The van der Waals surface area contributed by atoms with E-state index >= 15 is 0 Å². The number of benzene rings is 1. The van der Waals surface area contributed by atoms with Gasteiger partial charge in [0.15, 0.2) is 0 Å². The summed E-state index contributed by atoms with van der Waals surface area (Å²) >= 11 is 11.0. The molecule has 2 rings (SSSR count). The van der Waals surface area contributed by atoms with E-state index in [4.69, 9.17) is 16.3 Å². The maximum Gasteiger partial charge on any atom is 0.220 e. The van der Waals surface area contributed by atoms with Gasteiger partial charge in [-0.2, -0.15) is 0 Å². The highest BCUT2D eigenvalue weighted by Gasteiger charge is 2.12. The fraction of sp³-hybridized carbons (Fsp3) is 0.375. The van der Waals surface area contributed by atoms with Gasteiger partial charge < -0.3 is 10.1 Å². The summed E-state index contributed by atoms with van der Waals surface area (Å²) < 4.78 is 6.49. The number of carbonyl (C=O) groups excluding carboxylic acids is 1. The molecule has 0 aliphatic carbocycles. The minimum atomic E-state index is -0.0747. The van der Waals surface area contributed by atoms with Gasteiger partial charge in [0, 0.05) is 16.3 Å². The number of nitrogens with zero attached hydrogens (tertiary/aromatic N) is 1. The molecule has 1 aromatic carbocycles. The van der Waals surface area contributed by atoms with Crippen LogP contribution in [0.15, 0.2) is 28.1 Å². The lowest BCUT2D eigenvalue weighted by atomic mass is 10.2. The number of halogens is 2. The predicted molar refractivity (Wildman–Crippen MR) is 97.3 cm³/mol. The van der Waals surface area contributed by atoms with E-state index in [9.17, 15) is 4.79 Å². The summed E-state index contributed by atoms with van der Waals surface area (Å²) in [5.41, 5.74) is 0.902. The van der Waals surface area contributed by atoms with Gasteiger partial charge in [-0.05, 0) is 38.5 Å². The molecule has 0 spiro atoms. The van der Waals surface area contributed by atoms with E-state index in [1.165, 1.54) is 0 Å². The lowest BCUT2D eigenvalue weighted by Crippen LogP contribution is -2.27. The average Bonchev–Trinajstić information content (AvgIpc) is 2.92. The van der Waals surface area contributed by atoms with Gasteiger partial charge in [-0.15, -0.1) is 11.3 Å². The second kappa shape index (κ2) is 8.66. The molecule has 23 heavy (non-hydrogen) atoms. The van der Waals surface area contributed by atoms with E-state index < -0.39 is 0 Å². The van der Waals surface area contributed by atoms with Crippen molar-refractivity contribution in [2.24, 2.45) is 0 Å². The number of nitrogens with one attached hydrogen (secondary N) is 1. The van der Waals surface area contributed by atoms with Crippen LogP contribution >= 0.6 is 38.9 Å². The molecule has 0 bridgehead atoms. The SMILES string of the molecule is Cc1nc(C(C)NC(=O)CCCOc2ccc(Br)cc2Cl)cs1. The number of aryl methyl sites for hydroxylation is 1. The summed E-state index contributed by atoms with van der Waals surface area (Å²) in [5.74, 6) is 0.621.